The van der Waals surface area contributed by atoms with Crippen LogP contribution in [0.2, 0.25) is 0 Å². The number of nitrogens with zero attached hydrogens (tertiary/aromatic N) is 4. The van der Waals surface area contributed by atoms with E-state index in [1.54, 1.807) is 6.20 Å². The predicted molar refractivity (Wildman–Crippen MR) is 79.8 cm³/mol. The molecule has 0 radical (unpaired) electrons. The molecule has 2 aliphatic rings. The van der Waals surface area contributed by atoms with Crippen molar-refractivity contribution in [3.05, 3.63) is 30.4 Å². The Labute approximate surface area is 124 Å². The molecule has 1 saturated carbocycles. The van der Waals surface area contributed by atoms with Crippen LogP contribution >= 0.6 is 0 Å². The van der Waals surface area contributed by atoms with Gasteiger partial charge in [0.2, 0.25) is 5.78 Å². The zero-order chi connectivity index (χ0) is 14.3. The molecule has 0 spiro atoms. The van der Waals surface area contributed by atoms with Crippen molar-refractivity contribution < 1.29 is 5.11 Å². The molecule has 1 saturated heterocycles. The van der Waals surface area contributed by atoms with E-state index in [9.17, 15) is 5.11 Å². The van der Waals surface area contributed by atoms with Gasteiger partial charge in [-0.15, -0.1) is 0 Å². The van der Waals surface area contributed by atoms with Crippen molar-refractivity contribution in [2.45, 2.75) is 44.2 Å². The van der Waals surface area contributed by atoms with Crippen LogP contribution in [0, 0.1) is 5.92 Å². The highest BCUT2D eigenvalue weighted by Gasteiger charge is 2.42. The van der Waals surface area contributed by atoms with Crippen molar-refractivity contribution in [3.63, 3.8) is 0 Å². The van der Waals surface area contributed by atoms with Crippen molar-refractivity contribution >= 4 is 5.78 Å². The number of aliphatic hydroxyl groups is 1. The summed E-state index contributed by atoms with van der Waals surface area (Å²) in [6.07, 6.45) is 11.2. The lowest BCUT2D eigenvalue weighted by molar-refractivity contribution is -0.0969. The molecule has 5 heteroatoms. The maximum atomic E-state index is 10.8. The Morgan fingerprint density at radius 1 is 1.29 bits per heavy atom. The summed E-state index contributed by atoms with van der Waals surface area (Å²) < 4.78 is 2.06. The van der Waals surface area contributed by atoms with Gasteiger partial charge in [-0.2, -0.15) is 0 Å². The second-order valence-corrected chi connectivity index (χ2v) is 6.57. The number of likely N-dealkylation sites (tertiary alicyclic amines) is 1. The number of aromatic nitrogens is 3. The minimum Gasteiger partial charge on any atom is -0.390 e. The highest BCUT2D eigenvalue weighted by Crippen LogP contribution is 2.39. The van der Waals surface area contributed by atoms with E-state index in [-0.39, 0.29) is 0 Å². The molecule has 2 aromatic heterocycles. The molecular weight excluding hydrogens is 264 g/mol. The summed E-state index contributed by atoms with van der Waals surface area (Å²) in [6, 6.07) is 1.94. The number of hydrogen-bond donors (Lipinski definition) is 1. The zero-order valence-electron chi connectivity index (χ0n) is 12.3. The fraction of sp³-hybridized carbons (Fsp3) is 0.625. The van der Waals surface area contributed by atoms with Crippen LogP contribution in [0.5, 0.6) is 0 Å². The maximum Gasteiger partial charge on any atom is 0.233 e. The molecular formula is C16H22N4O. The van der Waals surface area contributed by atoms with Crippen LogP contribution in [-0.4, -0.2) is 43.1 Å². The van der Waals surface area contributed by atoms with Crippen LogP contribution in [-0.2, 0) is 6.54 Å². The summed E-state index contributed by atoms with van der Waals surface area (Å²) in [5.41, 5.74) is 0.787. The molecule has 2 unspecified atom stereocenters. The molecule has 3 heterocycles. The first-order valence-electron chi connectivity index (χ1n) is 7.96. The van der Waals surface area contributed by atoms with Gasteiger partial charge in [0.25, 0.3) is 0 Å². The summed E-state index contributed by atoms with van der Waals surface area (Å²) in [5, 5.41) is 10.8. The average molecular weight is 286 g/mol. The van der Waals surface area contributed by atoms with Gasteiger partial charge in [0.15, 0.2) is 0 Å². The van der Waals surface area contributed by atoms with E-state index < -0.39 is 5.60 Å². The Bertz CT molecular complexity index is 640. The largest absolute Gasteiger partial charge is 0.390 e. The Hall–Kier alpha value is -1.46. The van der Waals surface area contributed by atoms with E-state index in [1.165, 1.54) is 25.0 Å². The molecule has 2 atom stereocenters. The van der Waals surface area contributed by atoms with E-state index in [2.05, 4.69) is 19.3 Å². The van der Waals surface area contributed by atoms with Crippen molar-refractivity contribution in [1.29, 1.82) is 0 Å². The Morgan fingerprint density at radius 3 is 3.19 bits per heavy atom. The van der Waals surface area contributed by atoms with Crippen molar-refractivity contribution in [3.8, 4) is 0 Å². The van der Waals surface area contributed by atoms with Crippen LogP contribution in [0.3, 0.4) is 0 Å². The summed E-state index contributed by atoms with van der Waals surface area (Å²) in [6.45, 7) is 2.87. The quantitative estimate of drug-likeness (QED) is 0.915. The number of fused-ring (bicyclic) bond motifs is 2. The molecule has 0 bridgehead atoms. The standard InChI is InChI=1S/C16H22N4O/c21-16-5-2-1-4-13(16)11-19(9-6-16)12-14-10-18-15-17-7-3-8-20(14)15/h3,7-8,10,13,21H,1-2,4-6,9,11-12H2. The van der Waals surface area contributed by atoms with Gasteiger partial charge in [0, 0.05) is 37.9 Å². The van der Waals surface area contributed by atoms with Gasteiger partial charge in [-0.1, -0.05) is 12.8 Å². The van der Waals surface area contributed by atoms with E-state index in [0.717, 1.165) is 38.3 Å². The molecule has 112 valence electrons. The SMILES string of the molecule is OC12CCCCC1CN(Cc1cnc3ncccn13)CC2. The van der Waals surface area contributed by atoms with Crippen molar-refractivity contribution in [2.24, 2.45) is 5.92 Å². The molecule has 2 fully saturated rings. The van der Waals surface area contributed by atoms with Gasteiger partial charge in [0.1, 0.15) is 0 Å². The van der Waals surface area contributed by atoms with E-state index in [0.29, 0.717) is 5.92 Å². The van der Waals surface area contributed by atoms with Crippen molar-refractivity contribution in [2.75, 3.05) is 13.1 Å². The molecule has 0 aromatic carbocycles. The second-order valence-electron chi connectivity index (χ2n) is 6.57. The van der Waals surface area contributed by atoms with Gasteiger partial charge >= 0.3 is 0 Å². The van der Waals surface area contributed by atoms with Crippen LogP contribution < -0.4 is 0 Å². The number of imidazole rings is 1. The van der Waals surface area contributed by atoms with Crippen LogP contribution in [0.1, 0.15) is 37.8 Å². The summed E-state index contributed by atoms with van der Waals surface area (Å²) in [7, 11) is 0. The van der Waals surface area contributed by atoms with Crippen LogP contribution in [0.4, 0.5) is 0 Å². The third-order valence-corrected chi connectivity index (χ3v) is 5.26. The molecule has 4 rings (SSSR count). The Kier molecular flexibility index (Phi) is 3.19. The number of piperidine rings is 1. The topological polar surface area (TPSA) is 53.7 Å². The molecule has 2 aromatic rings. The minimum atomic E-state index is -0.393. The molecule has 21 heavy (non-hydrogen) atoms. The summed E-state index contributed by atoms with van der Waals surface area (Å²) in [5.74, 6) is 1.20. The van der Waals surface area contributed by atoms with Gasteiger partial charge in [-0.05, 0) is 25.3 Å². The van der Waals surface area contributed by atoms with Crippen LogP contribution in [0.15, 0.2) is 24.7 Å². The van der Waals surface area contributed by atoms with E-state index in [4.69, 9.17) is 0 Å². The first kappa shape index (κ1) is 13.2. The number of rotatable bonds is 2. The lowest BCUT2D eigenvalue weighted by atomic mass is 9.71. The molecule has 1 aliphatic heterocycles. The Morgan fingerprint density at radius 2 is 2.24 bits per heavy atom. The summed E-state index contributed by atoms with van der Waals surface area (Å²) in [4.78, 5) is 11.1. The first-order valence-corrected chi connectivity index (χ1v) is 7.96. The molecule has 0 amide bonds. The smallest absolute Gasteiger partial charge is 0.233 e. The fourth-order valence-electron chi connectivity index (χ4n) is 4.01. The lowest BCUT2D eigenvalue weighted by Crippen LogP contribution is -2.53. The minimum absolute atomic E-state index is 0.393. The first-order chi connectivity index (χ1) is 10.2. The third kappa shape index (κ3) is 2.34. The molecule has 1 N–H and O–H groups in total. The van der Waals surface area contributed by atoms with Crippen molar-refractivity contribution in [1.82, 2.24) is 19.3 Å². The highest BCUT2D eigenvalue weighted by atomic mass is 16.3. The summed E-state index contributed by atoms with van der Waals surface area (Å²) >= 11 is 0. The van der Waals surface area contributed by atoms with Gasteiger partial charge in [-0.25, -0.2) is 9.97 Å². The third-order valence-electron chi connectivity index (χ3n) is 5.26. The van der Waals surface area contributed by atoms with Crippen LogP contribution in [0.25, 0.3) is 5.78 Å². The van der Waals surface area contributed by atoms with Gasteiger partial charge in [-0.3, -0.25) is 9.30 Å². The monoisotopic (exact) mass is 286 g/mol. The van der Waals surface area contributed by atoms with Gasteiger partial charge < -0.3 is 5.11 Å². The normalized spacial score (nSPS) is 30.4. The highest BCUT2D eigenvalue weighted by molar-refractivity contribution is 5.30. The lowest BCUT2D eigenvalue weighted by Gasteiger charge is -2.47. The maximum absolute atomic E-state index is 10.8. The molecule has 5 nitrogen and oxygen atoms in total. The predicted octanol–water partition coefficient (Wildman–Crippen LogP) is 1.86. The average Bonchev–Trinajstić information content (AvgIpc) is 2.91. The van der Waals surface area contributed by atoms with Gasteiger partial charge in [0.05, 0.1) is 17.5 Å². The Balaban J connectivity index is 1.51. The van der Waals surface area contributed by atoms with E-state index >= 15 is 0 Å². The number of hydrogen-bond acceptors (Lipinski definition) is 4. The molecule has 1 aliphatic carbocycles. The fourth-order valence-corrected chi connectivity index (χ4v) is 4.01. The van der Waals surface area contributed by atoms with E-state index in [1.807, 2.05) is 18.5 Å². The zero-order valence-corrected chi connectivity index (χ0v) is 12.3. The second kappa shape index (κ2) is 5.07.